The highest BCUT2D eigenvalue weighted by Gasteiger charge is 2.17. The zero-order valence-corrected chi connectivity index (χ0v) is 16.1. The Kier molecular flexibility index (Phi) is 11.2. The maximum atomic E-state index is 12.1. The van der Waals surface area contributed by atoms with E-state index in [1.165, 1.54) is 0 Å². The van der Waals surface area contributed by atoms with Crippen LogP contribution < -0.4 is 11.1 Å². The molecule has 0 bridgehead atoms. The van der Waals surface area contributed by atoms with Gasteiger partial charge < -0.3 is 16.0 Å². The Balaban J connectivity index is 0.00000312. The van der Waals surface area contributed by atoms with Crippen molar-refractivity contribution in [2.24, 2.45) is 5.73 Å². The summed E-state index contributed by atoms with van der Waals surface area (Å²) in [6.45, 7) is 0.467. The molecule has 26 heavy (non-hydrogen) atoms. The van der Waals surface area contributed by atoms with E-state index in [9.17, 15) is 9.59 Å². The first-order valence-corrected chi connectivity index (χ1v) is 7.80. The highest BCUT2D eigenvalue weighted by Crippen LogP contribution is 2.08. The SMILES string of the molecule is CN(CCc1ccccn1)C(=O)CNC(=O)C(N)c1ccccc1.Cl.Cl. The smallest absolute Gasteiger partial charge is 0.241 e. The van der Waals surface area contributed by atoms with Crippen LogP contribution in [0.4, 0.5) is 0 Å². The van der Waals surface area contributed by atoms with Crippen molar-refractivity contribution in [1.82, 2.24) is 15.2 Å². The van der Waals surface area contributed by atoms with Crippen LogP contribution in [0, 0.1) is 0 Å². The fraction of sp³-hybridized carbons (Fsp3) is 0.278. The number of likely N-dealkylation sites (N-methyl/N-ethyl adjacent to an activating group) is 1. The fourth-order valence-electron chi connectivity index (χ4n) is 2.17. The summed E-state index contributed by atoms with van der Waals surface area (Å²) in [4.78, 5) is 29.9. The summed E-state index contributed by atoms with van der Waals surface area (Å²) >= 11 is 0. The van der Waals surface area contributed by atoms with E-state index in [0.717, 1.165) is 5.69 Å². The van der Waals surface area contributed by atoms with Gasteiger partial charge in [-0.15, -0.1) is 24.8 Å². The highest BCUT2D eigenvalue weighted by atomic mass is 35.5. The zero-order chi connectivity index (χ0) is 17.4. The van der Waals surface area contributed by atoms with Crippen LogP contribution in [0.1, 0.15) is 17.3 Å². The monoisotopic (exact) mass is 398 g/mol. The first-order valence-electron chi connectivity index (χ1n) is 7.80. The normalized spacial score (nSPS) is 10.7. The first-order chi connectivity index (χ1) is 11.6. The second kappa shape index (κ2) is 12.2. The molecule has 2 aromatic rings. The number of benzene rings is 1. The highest BCUT2D eigenvalue weighted by molar-refractivity contribution is 5.88. The van der Waals surface area contributed by atoms with Gasteiger partial charge >= 0.3 is 0 Å². The van der Waals surface area contributed by atoms with Crippen molar-refractivity contribution < 1.29 is 9.59 Å². The van der Waals surface area contributed by atoms with Crippen LogP contribution in [0.15, 0.2) is 54.7 Å². The topological polar surface area (TPSA) is 88.3 Å². The number of hydrogen-bond donors (Lipinski definition) is 2. The molecule has 1 unspecified atom stereocenters. The summed E-state index contributed by atoms with van der Waals surface area (Å²) in [5.41, 5.74) is 7.53. The minimum Gasteiger partial charge on any atom is -0.345 e. The Morgan fingerprint density at radius 2 is 1.77 bits per heavy atom. The molecule has 0 aliphatic heterocycles. The molecule has 0 saturated carbocycles. The van der Waals surface area contributed by atoms with Crippen molar-refractivity contribution in [2.75, 3.05) is 20.1 Å². The van der Waals surface area contributed by atoms with E-state index in [1.807, 2.05) is 36.4 Å². The van der Waals surface area contributed by atoms with Crippen molar-refractivity contribution in [3.63, 3.8) is 0 Å². The van der Waals surface area contributed by atoms with E-state index in [2.05, 4.69) is 10.3 Å². The molecule has 2 amide bonds. The van der Waals surface area contributed by atoms with E-state index < -0.39 is 6.04 Å². The van der Waals surface area contributed by atoms with Crippen molar-refractivity contribution in [3.05, 3.63) is 66.0 Å². The maximum Gasteiger partial charge on any atom is 0.241 e. The Hall–Kier alpha value is -2.15. The number of nitrogens with zero attached hydrogens (tertiary/aromatic N) is 2. The lowest BCUT2D eigenvalue weighted by atomic mass is 10.1. The lowest BCUT2D eigenvalue weighted by Crippen LogP contribution is -2.42. The number of nitrogens with two attached hydrogens (primary N) is 1. The van der Waals surface area contributed by atoms with Crippen LogP contribution in [-0.2, 0) is 16.0 Å². The number of carbonyl (C=O) groups is 2. The molecule has 8 heteroatoms. The molecule has 1 aromatic carbocycles. The third-order valence-electron chi connectivity index (χ3n) is 3.71. The van der Waals surface area contributed by atoms with Gasteiger partial charge in [-0.05, 0) is 17.7 Å². The van der Waals surface area contributed by atoms with Gasteiger partial charge in [0.05, 0.1) is 6.54 Å². The Morgan fingerprint density at radius 1 is 1.12 bits per heavy atom. The van der Waals surface area contributed by atoms with Gasteiger partial charge in [-0.3, -0.25) is 14.6 Å². The number of halogens is 2. The number of aromatic nitrogens is 1. The molecule has 2 rings (SSSR count). The molecule has 6 nitrogen and oxygen atoms in total. The second-order valence-corrected chi connectivity index (χ2v) is 5.49. The zero-order valence-electron chi connectivity index (χ0n) is 14.5. The Labute approximate surface area is 166 Å². The second-order valence-electron chi connectivity index (χ2n) is 5.49. The Morgan fingerprint density at radius 3 is 2.38 bits per heavy atom. The van der Waals surface area contributed by atoms with E-state index in [-0.39, 0.29) is 43.2 Å². The summed E-state index contributed by atoms with van der Waals surface area (Å²) in [7, 11) is 1.70. The predicted molar refractivity (Wildman–Crippen MR) is 106 cm³/mol. The van der Waals surface area contributed by atoms with Crippen LogP contribution in [0.2, 0.25) is 0 Å². The minimum atomic E-state index is -0.780. The van der Waals surface area contributed by atoms with Crippen LogP contribution >= 0.6 is 24.8 Å². The average Bonchev–Trinajstić information content (AvgIpc) is 2.64. The number of nitrogens with one attached hydrogen (secondary N) is 1. The molecule has 1 aromatic heterocycles. The molecular weight excluding hydrogens is 375 g/mol. The van der Waals surface area contributed by atoms with Gasteiger partial charge in [-0.1, -0.05) is 36.4 Å². The molecule has 0 saturated heterocycles. The van der Waals surface area contributed by atoms with Gasteiger partial charge in [0.1, 0.15) is 6.04 Å². The third-order valence-corrected chi connectivity index (χ3v) is 3.71. The average molecular weight is 399 g/mol. The summed E-state index contributed by atoms with van der Waals surface area (Å²) in [5.74, 6) is -0.535. The van der Waals surface area contributed by atoms with E-state index in [0.29, 0.717) is 18.5 Å². The molecular formula is C18H24Cl2N4O2. The van der Waals surface area contributed by atoms with Gasteiger partial charge in [-0.25, -0.2) is 0 Å². The van der Waals surface area contributed by atoms with Crippen molar-refractivity contribution in [3.8, 4) is 0 Å². The molecule has 0 spiro atoms. The number of carbonyl (C=O) groups excluding carboxylic acids is 2. The van der Waals surface area contributed by atoms with E-state index in [1.54, 1.807) is 30.3 Å². The van der Waals surface area contributed by atoms with E-state index >= 15 is 0 Å². The predicted octanol–water partition coefficient (Wildman–Crippen LogP) is 1.74. The van der Waals surface area contributed by atoms with Crippen LogP contribution in [0.25, 0.3) is 0 Å². The molecule has 3 N–H and O–H groups in total. The lowest BCUT2D eigenvalue weighted by molar-refractivity contribution is -0.132. The van der Waals surface area contributed by atoms with Gasteiger partial charge in [0.2, 0.25) is 11.8 Å². The molecule has 0 radical (unpaired) electrons. The summed E-state index contributed by atoms with van der Waals surface area (Å²) in [6.07, 6.45) is 2.39. The maximum absolute atomic E-state index is 12.1. The van der Waals surface area contributed by atoms with Crippen LogP contribution in [0.3, 0.4) is 0 Å². The van der Waals surface area contributed by atoms with Gasteiger partial charge in [0.15, 0.2) is 0 Å². The van der Waals surface area contributed by atoms with Crippen molar-refractivity contribution in [1.29, 1.82) is 0 Å². The molecule has 0 fully saturated rings. The molecule has 1 atom stereocenters. The summed E-state index contributed by atoms with van der Waals surface area (Å²) < 4.78 is 0. The third kappa shape index (κ3) is 7.39. The Bertz CT molecular complexity index is 671. The summed E-state index contributed by atoms with van der Waals surface area (Å²) in [5, 5.41) is 2.59. The molecule has 0 aliphatic rings. The van der Waals surface area contributed by atoms with E-state index in [4.69, 9.17) is 5.73 Å². The molecule has 142 valence electrons. The summed E-state index contributed by atoms with van der Waals surface area (Å²) in [6, 6.07) is 14.0. The lowest BCUT2D eigenvalue weighted by Gasteiger charge is -2.18. The van der Waals surface area contributed by atoms with Gasteiger partial charge in [0.25, 0.3) is 0 Å². The van der Waals surface area contributed by atoms with Crippen LogP contribution in [0.5, 0.6) is 0 Å². The van der Waals surface area contributed by atoms with Crippen molar-refractivity contribution >= 4 is 36.6 Å². The first kappa shape index (κ1) is 23.9. The minimum absolute atomic E-state index is 0. The largest absolute Gasteiger partial charge is 0.345 e. The molecule has 0 aliphatic carbocycles. The van der Waals surface area contributed by atoms with Gasteiger partial charge in [0, 0.05) is 31.9 Å². The van der Waals surface area contributed by atoms with Gasteiger partial charge in [-0.2, -0.15) is 0 Å². The van der Waals surface area contributed by atoms with Crippen LogP contribution in [-0.4, -0.2) is 41.8 Å². The number of hydrogen-bond acceptors (Lipinski definition) is 4. The number of rotatable bonds is 7. The fourth-order valence-corrected chi connectivity index (χ4v) is 2.17. The molecule has 1 heterocycles. The number of pyridine rings is 1. The van der Waals surface area contributed by atoms with Crippen molar-refractivity contribution in [2.45, 2.75) is 12.5 Å². The quantitative estimate of drug-likeness (QED) is 0.743. The standard InChI is InChI=1S/C18H22N4O2.2ClH/c1-22(12-10-15-9-5-6-11-20-15)16(23)13-21-18(24)17(19)14-7-3-2-4-8-14;;/h2-9,11,17H,10,12-13,19H2,1H3,(H,21,24);2*1H. The number of amides is 2.